The first-order valence-corrected chi connectivity index (χ1v) is 5.28. The van der Waals surface area contributed by atoms with Crippen molar-refractivity contribution in [2.75, 3.05) is 19.0 Å². The summed E-state index contributed by atoms with van der Waals surface area (Å²) >= 11 is 0. The zero-order valence-electron chi connectivity index (χ0n) is 10.3. The maximum absolute atomic E-state index is 8.97. The Morgan fingerprint density at radius 2 is 2.12 bits per heavy atom. The van der Waals surface area contributed by atoms with Gasteiger partial charge >= 0.3 is 0 Å². The van der Waals surface area contributed by atoms with Gasteiger partial charge in [-0.25, -0.2) is 0 Å². The number of methoxy groups -OCH3 is 1. The first kappa shape index (κ1) is 12.5. The Balaban J connectivity index is 2.81. The van der Waals surface area contributed by atoms with E-state index in [-0.39, 0.29) is 5.60 Å². The van der Waals surface area contributed by atoms with Crippen LogP contribution in [0.1, 0.15) is 25.0 Å². The molecule has 1 aromatic carbocycles. The summed E-state index contributed by atoms with van der Waals surface area (Å²) in [5.74, 6) is 0. The van der Waals surface area contributed by atoms with Crippen LogP contribution in [0.3, 0.4) is 0 Å². The Morgan fingerprint density at radius 3 is 2.69 bits per heavy atom. The summed E-state index contributed by atoms with van der Waals surface area (Å²) in [6.45, 7) is 6.68. The van der Waals surface area contributed by atoms with Gasteiger partial charge in [0.2, 0.25) is 0 Å². The zero-order chi connectivity index (χ0) is 12.2. The van der Waals surface area contributed by atoms with Crippen molar-refractivity contribution in [2.24, 2.45) is 0 Å². The van der Waals surface area contributed by atoms with Gasteiger partial charge in [-0.1, -0.05) is 6.07 Å². The molecule has 0 spiro atoms. The molecule has 0 aliphatic heterocycles. The standard InChI is InChI=1S/C13H18N2O/c1-10-5-6-11(8-14)12(7-10)15-9-13(2,3)16-4/h5-7,15H,9H2,1-4H3. The predicted octanol–water partition coefficient (Wildman–Crippen LogP) is 2.70. The van der Waals surface area contributed by atoms with Crippen LogP contribution in [0.15, 0.2) is 18.2 Å². The molecule has 86 valence electrons. The lowest BCUT2D eigenvalue weighted by molar-refractivity contribution is 0.0344. The second-order valence-corrected chi connectivity index (χ2v) is 4.48. The monoisotopic (exact) mass is 218 g/mol. The summed E-state index contributed by atoms with van der Waals surface area (Å²) in [7, 11) is 1.68. The van der Waals surface area contributed by atoms with Crippen molar-refractivity contribution in [1.29, 1.82) is 5.26 Å². The molecule has 0 atom stereocenters. The molecule has 3 nitrogen and oxygen atoms in total. The molecule has 0 aliphatic rings. The minimum absolute atomic E-state index is 0.240. The third-order valence-electron chi connectivity index (χ3n) is 2.55. The van der Waals surface area contributed by atoms with Gasteiger partial charge in [0.1, 0.15) is 6.07 Å². The molecule has 0 bridgehead atoms. The van der Waals surface area contributed by atoms with Crippen LogP contribution in [0.25, 0.3) is 0 Å². The number of benzene rings is 1. The van der Waals surface area contributed by atoms with Crippen molar-refractivity contribution in [3.05, 3.63) is 29.3 Å². The molecule has 1 aromatic rings. The van der Waals surface area contributed by atoms with Crippen LogP contribution in [0.2, 0.25) is 0 Å². The highest BCUT2D eigenvalue weighted by Gasteiger charge is 2.16. The molecule has 0 heterocycles. The summed E-state index contributed by atoms with van der Waals surface area (Å²) in [6, 6.07) is 7.92. The van der Waals surface area contributed by atoms with Crippen LogP contribution >= 0.6 is 0 Å². The average Bonchev–Trinajstić information content (AvgIpc) is 2.27. The Kier molecular flexibility index (Phi) is 3.92. The second-order valence-electron chi connectivity index (χ2n) is 4.48. The van der Waals surface area contributed by atoms with Gasteiger partial charge in [0, 0.05) is 13.7 Å². The minimum atomic E-state index is -0.240. The number of nitrogens with one attached hydrogen (secondary N) is 1. The maximum Gasteiger partial charge on any atom is 0.101 e. The number of ether oxygens (including phenoxy) is 1. The van der Waals surface area contributed by atoms with E-state index < -0.39 is 0 Å². The molecule has 1 rings (SSSR count). The topological polar surface area (TPSA) is 45.0 Å². The van der Waals surface area contributed by atoms with Gasteiger partial charge in [-0.3, -0.25) is 0 Å². The average molecular weight is 218 g/mol. The molecular weight excluding hydrogens is 200 g/mol. The maximum atomic E-state index is 8.97. The third kappa shape index (κ3) is 3.25. The summed E-state index contributed by atoms with van der Waals surface area (Å²) in [5, 5.41) is 12.2. The Morgan fingerprint density at radius 1 is 1.44 bits per heavy atom. The lowest BCUT2D eigenvalue weighted by Gasteiger charge is -2.24. The third-order valence-corrected chi connectivity index (χ3v) is 2.55. The van der Waals surface area contributed by atoms with E-state index in [1.807, 2.05) is 39.0 Å². The van der Waals surface area contributed by atoms with E-state index in [2.05, 4.69) is 11.4 Å². The van der Waals surface area contributed by atoms with Crippen molar-refractivity contribution >= 4 is 5.69 Å². The van der Waals surface area contributed by atoms with Gasteiger partial charge in [0.05, 0.1) is 16.9 Å². The van der Waals surface area contributed by atoms with Crippen LogP contribution in [-0.4, -0.2) is 19.3 Å². The lowest BCUT2D eigenvalue weighted by atomic mass is 10.1. The molecule has 0 aliphatic carbocycles. The van der Waals surface area contributed by atoms with Gasteiger partial charge in [0.25, 0.3) is 0 Å². The van der Waals surface area contributed by atoms with Crippen molar-refractivity contribution < 1.29 is 4.74 Å². The highest BCUT2D eigenvalue weighted by Crippen LogP contribution is 2.18. The van der Waals surface area contributed by atoms with E-state index >= 15 is 0 Å². The molecule has 0 amide bonds. The normalized spacial score (nSPS) is 10.9. The highest BCUT2D eigenvalue weighted by atomic mass is 16.5. The number of anilines is 1. The fourth-order valence-corrected chi connectivity index (χ4v) is 1.28. The molecule has 0 fully saturated rings. The van der Waals surface area contributed by atoms with Crippen LogP contribution in [0.5, 0.6) is 0 Å². The highest BCUT2D eigenvalue weighted by molar-refractivity contribution is 5.58. The first-order valence-electron chi connectivity index (χ1n) is 5.28. The number of hydrogen-bond donors (Lipinski definition) is 1. The number of aryl methyl sites for hydroxylation is 1. The molecular formula is C13H18N2O. The number of nitrogens with zero attached hydrogens (tertiary/aromatic N) is 1. The number of rotatable bonds is 4. The molecule has 0 saturated heterocycles. The van der Waals surface area contributed by atoms with Crippen molar-refractivity contribution in [3.63, 3.8) is 0 Å². The smallest absolute Gasteiger partial charge is 0.101 e. The first-order chi connectivity index (χ1) is 7.48. The number of nitriles is 1. The van der Waals surface area contributed by atoms with Gasteiger partial charge in [0.15, 0.2) is 0 Å². The largest absolute Gasteiger partial charge is 0.381 e. The summed E-state index contributed by atoms with van der Waals surface area (Å²) in [4.78, 5) is 0. The predicted molar refractivity (Wildman–Crippen MR) is 65.5 cm³/mol. The molecule has 0 saturated carbocycles. The second kappa shape index (κ2) is 5.00. The Bertz CT molecular complexity index is 405. The fourth-order valence-electron chi connectivity index (χ4n) is 1.28. The zero-order valence-corrected chi connectivity index (χ0v) is 10.3. The minimum Gasteiger partial charge on any atom is -0.381 e. The van der Waals surface area contributed by atoms with Crippen LogP contribution in [0, 0.1) is 18.3 Å². The summed E-state index contributed by atoms with van der Waals surface area (Å²) < 4.78 is 5.32. The van der Waals surface area contributed by atoms with Crippen LogP contribution < -0.4 is 5.32 Å². The van der Waals surface area contributed by atoms with Crippen LogP contribution in [0.4, 0.5) is 5.69 Å². The summed E-state index contributed by atoms with van der Waals surface area (Å²) in [5.41, 5.74) is 2.43. The number of hydrogen-bond acceptors (Lipinski definition) is 3. The van der Waals surface area contributed by atoms with E-state index in [0.29, 0.717) is 12.1 Å². The Labute approximate surface area is 97.0 Å². The lowest BCUT2D eigenvalue weighted by Crippen LogP contribution is -2.32. The van der Waals surface area contributed by atoms with E-state index in [1.54, 1.807) is 7.11 Å². The Hall–Kier alpha value is -1.53. The molecule has 0 aromatic heterocycles. The van der Waals surface area contributed by atoms with E-state index in [1.165, 1.54) is 0 Å². The molecule has 1 N–H and O–H groups in total. The van der Waals surface area contributed by atoms with Crippen molar-refractivity contribution in [2.45, 2.75) is 26.4 Å². The summed E-state index contributed by atoms with van der Waals surface area (Å²) in [6.07, 6.45) is 0. The molecule has 0 radical (unpaired) electrons. The van der Waals surface area contributed by atoms with Gasteiger partial charge < -0.3 is 10.1 Å². The SMILES string of the molecule is COC(C)(C)CNc1cc(C)ccc1C#N. The molecule has 3 heteroatoms. The fraction of sp³-hybridized carbons (Fsp3) is 0.462. The van der Waals surface area contributed by atoms with E-state index in [9.17, 15) is 0 Å². The van der Waals surface area contributed by atoms with Gasteiger partial charge in [-0.05, 0) is 38.5 Å². The van der Waals surface area contributed by atoms with Gasteiger partial charge in [-0.2, -0.15) is 5.26 Å². The van der Waals surface area contributed by atoms with Crippen LogP contribution in [-0.2, 0) is 4.74 Å². The quantitative estimate of drug-likeness (QED) is 0.845. The van der Waals surface area contributed by atoms with Crippen molar-refractivity contribution in [3.8, 4) is 6.07 Å². The molecule has 0 unspecified atom stereocenters. The van der Waals surface area contributed by atoms with E-state index in [0.717, 1.165) is 11.3 Å². The van der Waals surface area contributed by atoms with Crippen molar-refractivity contribution in [1.82, 2.24) is 0 Å². The van der Waals surface area contributed by atoms with Gasteiger partial charge in [-0.15, -0.1) is 0 Å². The van der Waals surface area contributed by atoms with E-state index in [4.69, 9.17) is 10.00 Å². The molecule has 16 heavy (non-hydrogen) atoms.